The lowest BCUT2D eigenvalue weighted by atomic mass is 9.94. The third-order valence-corrected chi connectivity index (χ3v) is 8.22. The minimum atomic E-state index is 0.302. The van der Waals surface area contributed by atoms with Crippen LogP contribution in [0.5, 0.6) is 17.4 Å². The van der Waals surface area contributed by atoms with Gasteiger partial charge in [0.2, 0.25) is 5.88 Å². The van der Waals surface area contributed by atoms with E-state index in [1.165, 1.54) is 6.33 Å². The molecule has 0 radical (unpaired) electrons. The summed E-state index contributed by atoms with van der Waals surface area (Å²) in [5.74, 6) is 2.87. The molecule has 3 aliphatic rings. The Bertz CT molecular complexity index is 1750. The predicted molar refractivity (Wildman–Crippen MR) is 151 cm³/mol. The zero-order valence-electron chi connectivity index (χ0n) is 22.4. The van der Waals surface area contributed by atoms with Crippen molar-refractivity contribution in [3.8, 4) is 17.4 Å². The van der Waals surface area contributed by atoms with Crippen LogP contribution in [0.25, 0.3) is 16.6 Å². The van der Waals surface area contributed by atoms with Crippen LogP contribution in [-0.4, -0.2) is 72.8 Å². The van der Waals surface area contributed by atoms with E-state index in [1.54, 1.807) is 23.2 Å². The molecule has 0 bridgehead atoms. The molecule has 5 aromatic rings. The summed E-state index contributed by atoms with van der Waals surface area (Å²) in [5, 5.41) is 8.65. The van der Waals surface area contributed by atoms with Gasteiger partial charge in [0.05, 0.1) is 22.7 Å². The van der Waals surface area contributed by atoms with E-state index >= 15 is 0 Å². The molecule has 11 heteroatoms. The van der Waals surface area contributed by atoms with E-state index < -0.39 is 0 Å². The monoisotopic (exact) mass is 535 g/mol. The highest BCUT2D eigenvalue weighted by molar-refractivity contribution is 6.04. The molecule has 11 nitrogen and oxygen atoms in total. The standard InChI is InChI=1S/C29H29N9O2/c1-17-11-18(3-7-23(17)40-26-12-25-31-15-34-38(25)16-33-26)35-29-27-20(30-14-32-29)6-8-24(39-19-4-5-19)28(27)37-13-22-21(37)9-10-36(22)2/h3,6-8,11-12,14-16,19,21-22H,4-5,9-10,13H2,1-2H3,(H,30,32,35)/t21-,22+/m0/s1. The van der Waals surface area contributed by atoms with E-state index in [-0.39, 0.29) is 0 Å². The molecule has 1 saturated carbocycles. The first-order valence-corrected chi connectivity index (χ1v) is 13.7. The number of aryl methyl sites for hydroxylation is 1. The summed E-state index contributed by atoms with van der Waals surface area (Å²) in [6, 6.07) is 12.9. The van der Waals surface area contributed by atoms with Gasteiger partial charge in [0, 0.05) is 36.9 Å². The lowest BCUT2D eigenvalue weighted by Crippen LogP contribution is -2.61. The molecule has 5 heterocycles. The summed E-state index contributed by atoms with van der Waals surface area (Å²) in [7, 11) is 2.22. The second-order valence-corrected chi connectivity index (χ2v) is 10.9. The van der Waals surface area contributed by atoms with Crippen molar-refractivity contribution in [2.45, 2.75) is 44.4 Å². The second kappa shape index (κ2) is 9.02. The van der Waals surface area contributed by atoms with E-state index in [9.17, 15) is 0 Å². The second-order valence-electron chi connectivity index (χ2n) is 10.9. The van der Waals surface area contributed by atoms with Crippen LogP contribution in [0.15, 0.2) is 55.4 Å². The van der Waals surface area contributed by atoms with Crippen molar-refractivity contribution in [2.75, 3.05) is 30.4 Å². The summed E-state index contributed by atoms with van der Waals surface area (Å²) in [6.45, 7) is 4.11. The number of nitrogens with one attached hydrogen (secondary N) is 1. The average molecular weight is 536 g/mol. The zero-order chi connectivity index (χ0) is 26.8. The van der Waals surface area contributed by atoms with E-state index in [2.05, 4.69) is 54.3 Å². The summed E-state index contributed by atoms with van der Waals surface area (Å²) in [6.07, 6.45) is 8.37. The lowest BCUT2D eigenvalue weighted by molar-refractivity contribution is 0.238. The SMILES string of the molecule is Cc1cc(Nc2ncnc3ccc(OC4CC4)c(N4C[C@@H]5[C@@H]4CCN5C)c23)ccc1Oc1cc2ncnn2cn1. The van der Waals surface area contributed by atoms with Crippen LogP contribution in [-0.2, 0) is 0 Å². The van der Waals surface area contributed by atoms with Gasteiger partial charge < -0.3 is 19.7 Å². The van der Waals surface area contributed by atoms with Crippen LogP contribution >= 0.6 is 0 Å². The summed E-state index contributed by atoms with van der Waals surface area (Å²) in [4.78, 5) is 22.8. The quantitative estimate of drug-likeness (QED) is 0.323. The molecule has 202 valence electrons. The van der Waals surface area contributed by atoms with Crippen LogP contribution in [0.2, 0.25) is 0 Å². The number of fused-ring (bicyclic) bond motifs is 3. The zero-order valence-corrected chi connectivity index (χ0v) is 22.4. The molecule has 3 fully saturated rings. The Labute approximate surface area is 230 Å². The molecule has 2 atom stereocenters. The highest BCUT2D eigenvalue weighted by atomic mass is 16.5. The molecule has 2 aliphatic heterocycles. The minimum absolute atomic E-state index is 0.302. The number of hydrogen-bond acceptors (Lipinski definition) is 10. The first kappa shape index (κ1) is 23.4. The smallest absolute Gasteiger partial charge is 0.224 e. The summed E-state index contributed by atoms with van der Waals surface area (Å²) < 4.78 is 14.1. The summed E-state index contributed by atoms with van der Waals surface area (Å²) >= 11 is 0. The number of aromatic nitrogens is 6. The number of nitrogens with zero attached hydrogens (tertiary/aromatic N) is 8. The first-order valence-electron chi connectivity index (χ1n) is 13.7. The Balaban J connectivity index is 1.13. The maximum Gasteiger partial charge on any atom is 0.224 e. The van der Waals surface area contributed by atoms with E-state index in [0.29, 0.717) is 35.5 Å². The number of ether oxygens (including phenoxy) is 2. The van der Waals surface area contributed by atoms with Gasteiger partial charge in [-0.3, -0.25) is 4.90 Å². The van der Waals surface area contributed by atoms with Gasteiger partial charge in [0.25, 0.3) is 0 Å². The Morgan fingerprint density at radius 3 is 2.67 bits per heavy atom. The van der Waals surface area contributed by atoms with Crippen molar-refractivity contribution < 1.29 is 9.47 Å². The Morgan fingerprint density at radius 1 is 0.925 bits per heavy atom. The topological polar surface area (TPSA) is 106 Å². The van der Waals surface area contributed by atoms with E-state index in [4.69, 9.17) is 14.5 Å². The normalized spacial score (nSPS) is 20.5. The lowest BCUT2D eigenvalue weighted by Gasteiger charge is -2.48. The maximum atomic E-state index is 6.44. The average Bonchev–Trinajstić information content (AvgIpc) is 3.55. The molecule has 0 amide bonds. The van der Waals surface area contributed by atoms with Crippen molar-refractivity contribution in [1.29, 1.82) is 0 Å². The third kappa shape index (κ3) is 3.96. The highest BCUT2D eigenvalue weighted by Crippen LogP contribution is 2.47. The fraction of sp³-hybridized carbons (Fsp3) is 0.345. The van der Waals surface area contributed by atoms with Crippen molar-refractivity contribution >= 4 is 33.7 Å². The molecule has 2 aromatic carbocycles. The Kier molecular flexibility index (Phi) is 5.27. The van der Waals surface area contributed by atoms with Crippen molar-refractivity contribution in [3.63, 3.8) is 0 Å². The van der Waals surface area contributed by atoms with Crippen molar-refractivity contribution in [1.82, 2.24) is 34.4 Å². The van der Waals surface area contributed by atoms with Crippen LogP contribution < -0.4 is 19.7 Å². The van der Waals surface area contributed by atoms with Gasteiger partial charge in [-0.15, -0.1) is 0 Å². The maximum absolute atomic E-state index is 6.44. The van der Waals surface area contributed by atoms with Crippen LogP contribution in [0, 0.1) is 6.92 Å². The minimum Gasteiger partial charge on any atom is -0.488 e. The van der Waals surface area contributed by atoms with Crippen molar-refractivity contribution in [2.24, 2.45) is 0 Å². The number of hydrogen-bond donors (Lipinski definition) is 1. The molecule has 2 saturated heterocycles. The fourth-order valence-corrected chi connectivity index (χ4v) is 5.88. The summed E-state index contributed by atoms with van der Waals surface area (Å²) in [5.41, 5.74) is 4.55. The molecular weight excluding hydrogens is 506 g/mol. The highest BCUT2D eigenvalue weighted by Gasteiger charge is 2.47. The molecule has 8 rings (SSSR count). The molecule has 40 heavy (non-hydrogen) atoms. The largest absolute Gasteiger partial charge is 0.488 e. The van der Waals surface area contributed by atoms with Gasteiger partial charge in [-0.05, 0) is 69.1 Å². The number of likely N-dealkylation sites (tertiary alicyclic amines) is 1. The number of benzene rings is 2. The van der Waals surface area contributed by atoms with Crippen LogP contribution in [0.4, 0.5) is 17.2 Å². The van der Waals surface area contributed by atoms with Gasteiger partial charge in [-0.2, -0.15) is 5.10 Å². The van der Waals surface area contributed by atoms with Crippen LogP contribution in [0.1, 0.15) is 24.8 Å². The molecular formula is C29H29N9O2. The number of rotatable bonds is 7. The Morgan fingerprint density at radius 2 is 1.82 bits per heavy atom. The van der Waals surface area contributed by atoms with E-state index in [0.717, 1.165) is 71.8 Å². The molecule has 3 aromatic heterocycles. The Hall–Kier alpha value is -4.51. The third-order valence-electron chi connectivity index (χ3n) is 8.22. The van der Waals surface area contributed by atoms with Crippen molar-refractivity contribution in [3.05, 3.63) is 60.9 Å². The van der Waals surface area contributed by atoms with Gasteiger partial charge >= 0.3 is 0 Å². The number of likely N-dealkylation sites (N-methyl/N-ethyl adjacent to an activating group) is 1. The molecule has 0 unspecified atom stereocenters. The molecule has 1 aliphatic carbocycles. The predicted octanol–water partition coefficient (Wildman–Crippen LogP) is 4.35. The van der Waals surface area contributed by atoms with Gasteiger partial charge in [0.1, 0.15) is 36.3 Å². The molecule has 1 N–H and O–H groups in total. The van der Waals surface area contributed by atoms with Gasteiger partial charge in [-0.1, -0.05) is 0 Å². The van der Waals surface area contributed by atoms with Gasteiger partial charge in [-0.25, -0.2) is 24.5 Å². The van der Waals surface area contributed by atoms with Crippen LogP contribution in [0.3, 0.4) is 0 Å². The van der Waals surface area contributed by atoms with E-state index in [1.807, 2.05) is 25.1 Å². The number of anilines is 3. The fourth-order valence-electron chi connectivity index (χ4n) is 5.88. The molecule has 0 spiro atoms. The first-order chi connectivity index (χ1) is 19.6. The van der Waals surface area contributed by atoms with Gasteiger partial charge in [0.15, 0.2) is 5.65 Å².